The van der Waals surface area contributed by atoms with Gasteiger partial charge < -0.3 is 15.2 Å². The largest absolute Gasteiger partial charge is 0.481 e. The highest BCUT2D eigenvalue weighted by molar-refractivity contribution is 5.68. The van der Waals surface area contributed by atoms with E-state index in [9.17, 15) is 4.79 Å². The number of aliphatic carboxylic acids is 1. The van der Waals surface area contributed by atoms with E-state index in [0.717, 1.165) is 0 Å². The van der Waals surface area contributed by atoms with E-state index in [0.29, 0.717) is 18.3 Å². The molecule has 1 unspecified atom stereocenters. The quantitative estimate of drug-likeness (QED) is 0.770. The van der Waals surface area contributed by atoms with Crippen LogP contribution < -0.4 is 10.1 Å². The molecule has 1 heterocycles. The van der Waals surface area contributed by atoms with E-state index in [1.54, 1.807) is 6.07 Å². The summed E-state index contributed by atoms with van der Waals surface area (Å²) in [5.74, 6) is 0.410. The monoisotopic (exact) mass is 253 g/mol. The van der Waals surface area contributed by atoms with Gasteiger partial charge in [0.15, 0.2) is 0 Å². The summed E-state index contributed by atoms with van der Waals surface area (Å²) in [6, 6.07) is 1.49. The molecule has 1 aromatic rings. The zero-order chi connectivity index (χ0) is 13.5. The van der Waals surface area contributed by atoms with Crippen molar-refractivity contribution in [2.45, 2.75) is 33.2 Å². The predicted molar refractivity (Wildman–Crippen MR) is 67.7 cm³/mol. The van der Waals surface area contributed by atoms with Gasteiger partial charge in [-0.2, -0.15) is 0 Å². The summed E-state index contributed by atoms with van der Waals surface area (Å²) in [6.45, 7) is 6.33. The molecule has 0 aromatic carbocycles. The number of carboxylic acid groups (broad SMARTS) is 1. The first-order chi connectivity index (χ1) is 8.52. The Morgan fingerprint density at radius 3 is 2.78 bits per heavy atom. The van der Waals surface area contributed by atoms with Crippen molar-refractivity contribution in [3.8, 4) is 5.88 Å². The molecule has 1 rings (SSSR count). The van der Waals surface area contributed by atoms with Crippen molar-refractivity contribution in [3.05, 3.63) is 12.4 Å². The SMILES string of the molecule is CCOc1cc(NC(CC(=O)O)C(C)C)ncn1. The Balaban J connectivity index is 2.73. The first-order valence-corrected chi connectivity index (χ1v) is 5.96. The molecule has 0 spiro atoms. The summed E-state index contributed by atoms with van der Waals surface area (Å²) in [6.07, 6.45) is 1.44. The molecular weight excluding hydrogens is 234 g/mol. The maximum absolute atomic E-state index is 10.8. The van der Waals surface area contributed by atoms with Crippen LogP contribution in [0, 0.1) is 5.92 Å². The molecule has 1 aromatic heterocycles. The Labute approximate surface area is 106 Å². The number of anilines is 1. The Kier molecular flexibility index (Phi) is 5.35. The number of carboxylic acids is 1. The summed E-state index contributed by atoms with van der Waals surface area (Å²) in [5.41, 5.74) is 0. The number of rotatable bonds is 7. The van der Waals surface area contributed by atoms with E-state index in [2.05, 4.69) is 15.3 Å². The zero-order valence-electron chi connectivity index (χ0n) is 10.9. The minimum Gasteiger partial charge on any atom is -0.481 e. The smallest absolute Gasteiger partial charge is 0.305 e. The molecule has 0 saturated heterocycles. The topological polar surface area (TPSA) is 84.3 Å². The fraction of sp³-hybridized carbons (Fsp3) is 0.583. The average molecular weight is 253 g/mol. The molecule has 0 radical (unpaired) electrons. The Morgan fingerprint density at radius 1 is 1.50 bits per heavy atom. The molecule has 0 aliphatic carbocycles. The molecule has 6 heteroatoms. The highest BCUT2D eigenvalue weighted by atomic mass is 16.5. The standard InChI is InChI=1S/C12H19N3O3/c1-4-18-11-6-10(13-7-14-11)15-9(8(2)3)5-12(16)17/h6-9H,4-5H2,1-3H3,(H,16,17)(H,13,14,15). The van der Waals surface area contributed by atoms with E-state index in [1.807, 2.05) is 20.8 Å². The summed E-state index contributed by atoms with van der Waals surface area (Å²) in [5, 5.41) is 11.9. The van der Waals surface area contributed by atoms with Gasteiger partial charge in [0.2, 0.25) is 5.88 Å². The fourth-order valence-electron chi connectivity index (χ4n) is 1.48. The summed E-state index contributed by atoms with van der Waals surface area (Å²) in [4.78, 5) is 18.8. The molecule has 18 heavy (non-hydrogen) atoms. The van der Waals surface area contributed by atoms with Gasteiger partial charge in [0.05, 0.1) is 13.0 Å². The highest BCUT2D eigenvalue weighted by Gasteiger charge is 2.17. The van der Waals surface area contributed by atoms with Crippen molar-refractivity contribution in [2.24, 2.45) is 5.92 Å². The minimum atomic E-state index is -0.833. The summed E-state index contributed by atoms with van der Waals surface area (Å²) in [7, 11) is 0. The van der Waals surface area contributed by atoms with E-state index < -0.39 is 5.97 Å². The Hall–Kier alpha value is -1.85. The third-order valence-corrected chi connectivity index (χ3v) is 2.47. The van der Waals surface area contributed by atoms with Gasteiger partial charge in [0.25, 0.3) is 0 Å². The lowest BCUT2D eigenvalue weighted by atomic mass is 10.0. The zero-order valence-corrected chi connectivity index (χ0v) is 10.9. The normalized spacial score (nSPS) is 12.2. The van der Waals surface area contributed by atoms with Crippen molar-refractivity contribution >= 4 is 11.8 Å². The van der Waals surface area contributed by atoms with Crippen molar-refractivity contribution in [2.75, 3.05) is 11.9 Å². The van der Waals surface area contributed by atoms with Gasteiger partial charge in [-0.3, -0.25) is 4.79 Å². The van der Waals surface area contributed by atoms with Crippen LogP contribution in [0.2, 0.25) is 0 Å². The van der Waals surface area contributed by atoms with E-state index in [1.165, 1.54) is 6.33 Å². The third-order valence-electron chi connectivity index (χ3n) is 2.47. The first-order valence-electron chi connectivity index (χ1n) is 5.96. The molecule has 2 N–H and O–H groups in total. The Bertz CT molecular complexity index is 396. The van der Waals surface area contributed by atoms with E-state index >= 15 is 0 Å². The maximum atomic E-state index is 10.8. The average Bonchev–Trinajstić information content (AvgIpc) is 2.28. The molecule has 1 atom stereocenters. The molecular formula is C12H19N3O3. The van der Waals surface area contributed by atoms with Gasteiger partial charge in [-0.05, 0) is 12.8 Å². The van der Waals surface area contributed by atoms with Crippen molar-refractivity contribution in [1.29, 1.82) is 0 Å². The number of hydrogen-bond donors (Lipinski definition) is 2. The number of aromatic nitrogens is 2. The lowest BCUT2D eigenvalue weighted by Crippen LogP contribution is -2.29. The number of ether oxygens (including phenoxy) is 1. The molecule has 0 bridgehead atoms. The number of nitrogens with zero attached hydrogens (tertiary/aromatic N) is 2. The van der Waals surface area contributed by atoms with Crippen LogP contribution in [0.25, 0.3) is 0 Å². The number of carbonyl (C=O) groups is 1. The van der Waals surface area contributed by atoms with Crippen LogP contribution in [0.5, 0.6) is 5.88 Å². The van der Waals surface area contributed by atoms with Crippen LogP contribution >= 0.6 is 0 Å². The van der Waals surface area contributed by atoms with Crippen LogP contribution in [-0.2, 0) is 4.79 Å². The molecule has 6 nitrogen and oxygen atoms in total. The molecule has 100 valence electrons. The van der Waals surface area contributed by atoms with Gasteiger partial charge in [-0.25, -0.2) is 9.97 Å². The third kappa shape index (κ3) is 4.57. The second-order valence-corrected chi connectivity index (χ2v) is 4.27. The van der Waals surface area contributed by atoms with Gasteiger partial charge in [-0.15, -0.1) is 0 Å². The predicted octanol–water partition coefficient (Wildman–Crippen LogP) is 1.79. The van der Waals surface area contributed by atoms with Gasteiger partial charge in [0, 0.05) is 12.1 Å². The lowest BCUT2D eigenvalue weighted by molar-refractivity contribution is -0.137. The molecule has 0 saturated carbocycles. The van der Waals surface area contributed by atoms with Gasteiger partial charge in [0.1, 0.15) is 12.1 Å². The maximum Gasteiger partial charge on any atom is 0.305 e. The van der Waals surface area contributed by atoms with Crippen LogP contribution in [0.3, 0.4) is 0 Å². The van der Waals surface area contributed by atoms with Crippen LogP contribution in [0.4, 0.5) is 5.82 Å². The van der Waals surface area contributed by atoms with Gasteiger partial charge >= 0.3 is 5.97 Å². The van der Waals surface area contributed by atoms with Gasteiger partial charge in [-0.1, -0.05) is 13.8 Å². The van der Waals surface area contributed by atoms with Crippen molar-refractivity contribution < 1.29 is 14.6 Å². The fourth-order valence-corrected chi connectivity index (χ4v) is 1.48. The number of nitrogens with one attached hydrogen (secondary N) is 1. The van der Waals surface area contributed by atoms with Crippen molar-refractivity contribution in [3.63, 3.8) is 0 Å². The Morgan fingerprint density at radius 2 is 2.22 bits per heavy atom. The van der Waals surface area contributed by atoms with Crippen LogP contribution in [0.15, 0.2) is 12.4 Å². The van der Waals surface area contributed by atoms with E-state index in [4.69, 9.17) is 9.84 Å². The summed E-state index contributed by atoms with van der Waals surface area (Å²) >= 11 is 0. The number of hydrogen-bond acceptors (Lipinski definition) is 5. The second-order valence-electron chi connectivity index (χ2n) is 4.27. The molecule has 0 fully saturated rings. The van der Waals surface area contributed by atoms with Crippen LogP contribution in [0.1, 0.15) is 27.2 Å². The first kappa shape index (κ1) is 14.2. The minimum absolute atomic E-state index is 0.0473. The molecule has 0 aliphatic heterocycles. The van der Waals surface area contributed by atoms with E-state index in [-0.39, 0.29) is 18.4 Å². The second kappa shape index (κ2) is 6.78. The summed E-state index contributed by atoms with van der Waals surface area (Å²) < 4.78 is 5.26. The van der Waals surface area contributed by atoms with Crippen molar-refractivity contribution in [1.82, 2.24) is 9.97 Å². The molecule has 0 aliphatic rings. The lowest BCUT2D eigenvalue weighted by Gasteiger charge is -2.21. The highest BCUT2D eigenvalue weighted by Crippen LogP contribution is 2.16. The molecule has 0 amide bonds. The van der Waals surface area contributed by atoms with Crippen LogP contribution in [-0.4, -0.2) is 33.7 Å².